The Morgan fingerprint density at radius 1 is 0.797 bits per heavy atom. The van der Waals surface area contributed by atoms with E-state index < -0.39 is 50.6 Å². The van der Waals surface area contributed by atoms with Gasteiger partial charge >= 0.3 is 19.8 Å². The molecular weight excluding hydrogens is 773 g/mol. The Morgan fingerprint density at radius 3 is 2.10 bits per heavy atom. The number of aliphatic hydroxyl groups excluding tert-OH is 2. The fourth-order valence-corrected chi connectivity index (χ4v) is 7.29. The average molecular weight is 855 g/mol. The summed E-state index contributed by atoms with van der Waals surface area (Å²) in [7, 11) is 1.30. The highest BCUT2D eigenvalue weighted by Crippen LogP contribution is 2.43. The summed E-state index contributed by atoms with van der Waals surface area (Å²) in [5.74, 6) is -1.77. The van der Waals surface area contributed by atoms with Crippen LogP contribution in [0.1, 0.15) is 149 Å². The first-order valence-electron chi connectivity index (χ1n) is 22.5. The molecule has 0 aliphatic heterocycles. The lowest BCUT2D eigenvalue weighted by molar-refractivity contribution is -0.870. The fraction of sp³-hybridized carbons (Fsp3) is 0.761. The van der Waals surface area contributed by atoms with Gasteiger partial charge in [0.1, 0.15) is 25.5 Å². The number of quaternary nitrogens is 1. The summed E-state index contributed by atoms with van der Waals surface area (Å²) < 4.78 is 34.2. The number of likely N-dealkylation sites (N-methyl/N-ethyl adjacent to an activating group) is 1. The summed E-state index contributed by atoms with van der Waals surface area (Å²) >= 11 is 0. The van der Waals surface area contributed by atoms with E-state index in [-0.39, 0.29) is 44.2 Å². The molecule has 0 aromatic rings. The van der Waals surface area contributed by atoms with Crippen molar-refractivity contribution in [1.82, 2.24) is 0 Å². The number of esters is 2. The molecule has 0 spiro atoms. The van der Waals surface area contributed by atoms with Gasteiger partial charge in [-0.05, 0) is 64.2 Å². The van der Waals surface area contributed by atoms with E-state index in [1.54, 1.807) is 12.2 Å². The van der Waals surface area contributed by atoms with Crippen LogP contribution in [-0.2, 0) is 37.5 Å². The number of carbonyl (C=O) groups is 3. The number of hydrogen-bond acceptors (Lipinski definition) is 10. The monoisotopic (exact) mass is 855 g/mol. The van der Waals surface area contributed by atoms with Gasteiger partial charge in [-0.25, -0.2) is 4.57 Å². The predicted octanol–water partition coefficient (Wildman–Crippen LogP) is 9.27. The molecule has 0 aromatic heterocycles. The summed E-state index contributed by atoms with van der Waals surface area (Å²) in [6, 6.07) is 0. The molecule has 3 N–H and O–H groups in total. The smallest absolute Gasteiger partial charge is 0.462 e. The van der Waals surface area contributed by atoms with E-state index in [1.807, 2.05) is 33.3 Å². The Morgan fingerprint density at radius 2 is 1.41 bits per heavy atom. The molecule has 0 heterocycles. The second-order valence-electron chi connectivity index (χ2n) is 16.9. The third-order valence-electron chi connectivity index (χ3n) is 10.2. The second kappa shape index (κ2) is 33.2. The zero-order valence-corrected chi connectivity index (χ0v) is 38.1. The van der Waals surface area contributed by atoms with Crippen LogP contribution in [-0.4, -0.2) is 103 Å². The summed E-state index contributed by atoms with van der Waals surface area (Å²) in [5, 5.41) is 20.8. The molecule has 1 aliphatic carbocycles. The van der Waals surface area contributed by atoms with E-state index in [4.69, 9.17) is 18.5 Å². The number of Topliss-reactive ketones (excluding diaryl/α,β-unsaturated/α-hetero) is 1. The van der Waals surface area contributed by atoms with E-state index in [9.17, 15) is 34.1 Å². The molecule has 0 aromatic carbocycles. The van der Waals surface area contributed by atoms with Crippen molar-refractivity contribution in [3.63, 3.8) is 0 Å². The van der Waals surface area contributed by atoms with Gasteiger partial charge in [0.25, 0.3) is 0 Å². The Bertz CT molecular complexity index is 1310. The number of ketones is 1. The highest BCUT2D eigenvalue weighted by atomic mass is 31.2. The maximum absolute atomic E-state index is 12.8. The van der Waals surface area contributed by atoms with Crippen LogP contribution in [0.2, 0.25) is 0 Å². The van der Waals surface area contributed by atoms with Crippen LogP contribution in [0.15, 0.2) is 48.6 Å². The van der Waals surface area contributed by atoms with Gasteiger partial charge in [0.2, 0.25) is 0 Å². The van der Waals surface area contributed by atoms with Crippen molar-refractivity contribution in [2.45, 2.75) is 167 Å². The van der Waals surface area contributed by atoms with Crippen LogP contribution in [0.4, 0.5) is 0 Å². The molecule has 0 bridgehead atoms. The fourth-order valence-electron chi connectivity index (χ4n) is 6.55. The molecule has 0 amide bonds. The molecule has 0 saturated heterocycles. The molecule has 0 radical (unpaired) electrons. The number of hydrogen-bond donors (Lipinski definition) is 3. The Labute approximate surface area is 356 Å². The van der Waals surface area contributed by atoms with Crippen LogP contribution in [0, 0.1) is 11.8 Å². The van der Waals surface area contributed by atoms with E-state index in [0.717, 1.165) is 64.2 Å². The van der Waals surface area contributed by atoms with Crippen molar-refractivity contribution in [1.29, 1.82) is 0 Å². The number of aliphatic hydroxyl groups is 2. The highest BCUT2D eigenvalue weighted by Gasteiger charge is 2.39. The second-order valence-corrected chi connectivity index (χ2v) is 18.3. The molecule has 1 saturated carbocycles. The van der Waals surface area contributed by atoms with Gasteiger partial charge in [-0.3, -0.25) is 23.4 Å². The number of carbonyl (C=O) groups excluding carboxylic acids is 3. The van der Waals surface area contributed by atoms with Crippen LogP contribution in [0.5, 0.6) is 0 Å². The normalized spacial score (nSPS) is 19.7. The van der Waals surface area contributed by atoms with Crippen molar-refractivity contribution >= 4 is 25.5 Å². The topological polar surface area (TPSA) is 166 Å². The number of rotatable bonds is 36. The largest absolute Gasteiger partial charge is 0.472 e. The van der Waals surface area contributed by atoms with Crippen molar-refractivity contribution in [2.24, 2.45) is 11.8 Å². The summed E-state index contributed by atoms with van der Waals surface area (Å²) in [6.45, 7) is 3.95. The van der Waals surface area contributed by atoms with Gasteiger partial charge in [-0.15, -0.1) is 0 Å². The molecule has 1 unspecified atom stereocenters. The van der Waals surface area contributed by atoms with Gasteiger partial charge in [0, 0.05) is 31.1 Å². The number of ether oxygens (including phenoxy) is 2. The van der Waals surface area contributed by atoms with Crippen LogP contribution >= 0.6 is 7.82 Å². The maximum Gasteiger partial charge on any atom is 0.472 e. The minimum atomic E-state index is -4.45. The standard InChI is InChI=1S/C46H80NO11P/c1-6-8-10-11-12-13-14-15-16-17-18-19-20-21-26-30-45(51)55-37-40(38-57-59(53,54)56-35-34-47(3,4)5)58-46(52)31-27-23-22-25-29-41-42(44(50)36-43(41)49)33-32-39(48)28-24-9-7-2/h12-13,15-16,22,25,32-33,39-43,48-49H,6-11,14,17-21,23-24,26-31,34-38H2,1-5H3/p+1/b13-12-,16-15-,25-22-,33-32+/t39-,40+,41+,42+,43-/m0/s1. The van der Waals surface area contributed by atoms with Crippen molar-refractivity contribution in [3.05, 3.63) is 48.6 Å². The molecule has 6 atom stereocenters. The third-order valence-corrected chi connectivity index (χ3v) is 11.2. The molecule has 1 aliphatic rings. The molecule has 59 heavy (non-hydrogen) atoms. The van der Waals surface area contributed by atoms with Crippen molar-refractivity contribution in [3.8, 4) is 0 Å². The number of unbranched alkanes of at least 4 members (excludes halogenated alkanes) is 11. The third kappa shape index (κ3) is 30.3. The lowest BCUT2D eigenvalue weighted by Crippen LogP contribution is -2.37. The van der Waals surface area contributed by atoms with Gasteiger partial charge < -0.3 is 29.1 Å². The summed E-state index contributed by atoms with van der Waals surface area (Å²) in [5.41, 5.74) is 0. The van der Waals surface area contributed by atoms with Crippen molar-refractivity contribution in [2.75, 3.05) is 47.5 Å². The molecule has 12 nitrogen and oxygen atoms in total. The lowest BCUT2D eigenvalue weighted by Gasteiger charge is -2.24. The Balaban J connectivity index is 2.53. The Hall–Kier alpha value is -2.44. The van der Waals surface area contributed by atoms with Crippen LogP contribution < -0.4 is 0 Å². The van der Waals surface area contributed by atoms with Gasteiger partial charge in [-0.1, -0.05) is 114 Å². The number of allylic oxidation sites excluding steroid dienone is 7. The zero-order chi connectivity index (χ0) is 43.8. The van der Waals surface area contributed by atoms with Crippen LogP contribution in [0.3, 0.4) is 0 Å². The number of phosphoric acid groups is 1. The number of phosphoric ester groups is 1. The van der Waals surface area contributed by atoms with E-state index in [2.05, 4.69) is 38.2 Å². The highest BCUT2D eigenvalue weighted by molar-refractivity contribution is 7.47. The average Bonchev–Trinajstić information content (AvgIpc) is 3.44. The maximum atomic E-state index is 12.8. The molecule has 13 heteroatoms. The Kier molecular flexibility index (Phi) is 30.7. The minimum Gasteiger partial charge on any atom is -0.462 e. The SMILES string of the molecule is CCCCC/C=C\C/C=C\CCCCCCCC(=O)OC[C@H](COP(=O)(O)OCC[N+](C)(C)C)OC(=O)CCC/C=C\C[C@H]1[C@@H](O)CC(=O)[C@@H]1/C=C/[C@@H](O)CCCCC. The van der Waals surface area contributed by atoms with E-state index >= 15 is 0 Å². The summed E-state index contributed by atoms with van der Waals surface area (Å²) in [4.78, 5) is 48.1. The van der Waals surface area contributed by atoms with E-state index in [0.29, 0.717) is 43.1 Å². The molecular formula is C46H81NO11P+. The number of nitrogens with zero attached hydrogens (tertiary/aromatic N) is 1. The first-order chi connectivity index (χ1) is 28.2. The molecule has 340 valence electrons. The molecule has 1 fully saturated rings. The first kappa shape index (κ1) is 54.6. The zero-order valence-electron chi connectivity index (χ0n) is 37.2. The van der Waals surface area contributed by atoms with Crippen LogP contribution in [0.25, 0.3) is 0 Å². The van der Waals surface area contributed by atoms with Gasteiger partial charge in [-0.2, -0.15) is 0 Å². The lowest BCUT2D eigenvalue weighted by atomic mass is 9.90. The van der Waals surface area contributed by atoms with Gasteiger partial charge in [0.05, 0.1) is 40.0 Å². The summed E-state index contributed by atoms with van der Waals surface area (Å²) in [6.07, 6.45) is 30.9. The van der Waals surface area contributed by atoms with E-state index in [1.165, 1.54) is 19.3 Å². The van der Waals surface area contributed by atoms with Gasteiger partial charge in [0.15, 0.2) is 6.10 Å². The van der Waals surface area contributed by atoms with Crippen molar-refractivity contribution < 1.29 is 57.1 Å². The minimum absolute atomic E-state index is 0.0204. The quantitative estimate of drug-likeness (QED) is 0.0181. The predicted molar refractivity (Wildman–Crippen MR) is 234 cm³/mol. The molecule has 1 rings (SSSR count). The first-order valence-corrected chi connectivity index (χ1v) is 24.0.